The van der Waals surface area contributed by atoms with E-state index >= 15 is 0 Å². The molecule has 2 aliphatic heterocycles. The van der Waals surface area contributed by atoms with Crippen LogP contribution in [0.25, 0.3) is 22.5 Å². The van der Waals surface area contributed by atoms with Crippen molar-refractivity contribution in [3.8, 4) is 34.4 Å². The van der Waals surface area contributed by atoms with E-state index in [1.165, 1.54) is 13.5 Å². The third-order valence-electron chi connectivity index (χ3n) is 8.07. The van der Waals surface area contributed by atoms with E-state index in [0.29, 0.717) is 12.6 Å². The van der Waals surface area contributed by atoms with Crippen molar-refractivity contribution >= 4 is 12.0 Å². The summed E-state index contributed by atoms with van der Waals surface area (Å²) >= 11 is 0. The van der Waals surface area contributed by atoms with Crippen molar-refractivity contribution in [3.05, 3.63) is 83.7 Å². The number of carbonyl (C=O) groups is 2. The molecule has 4 heterocycles. The lowest BCUT2D eigenvalue weighted by molar-refractivity contribution is -0.134. The lowest BCUT2D eigenvalue weighted by atomic mass is 10.1. The topological polar surface area (TPSA) is 128 Å². The van der Waals surface area contributed by atoms with Crippen LogP contribution in [0.5, 0.6) is 0 Å². The fourth-order valence-corrected chi connectivity index (χ4v) is 5.70. The number of H-pyrrole nitrogens is 2. The number of aromatic nitrogens is 4. The van der Waals surface area contributed by atoms with Gasteiger partial charge in [0.05, 0.1) is 43.0 Å². The molecular formula is C33H35N7O3. The Kier molecular flexibility index (Phi) is 8.24. The summed E-state index contributed by atoms with van der Waals surface area (Å²) in [5.41, 5.74) is 5.80. The molecule has 2 aliphatic rings. The number of hydrogen-bond acceptors (Lipinski definition) is 6. The van der Waals surface area contributed by atoms with Gasteiger partial charge in [0.2, 0.25) is 5.91 Å². The van der Waals surface area contributed by atoms with Gasteiger partial charge in [0, 0.05) is 17.7 Å². The number of nitrogens with zero attached hydrogens (tertiary/aromatic N) is 3. The average molecular weight is 578 g/mol. The summed E-state index contributed by atoms with van der Waals surface area (Å²) in [5.74, 6) is 8.08. The first-order chi connectivity index (χ1) is 21.0. The zero-order valence-corrected chi connectivity index (χ0v) is 24.3. The van der Waals surface area contributed by atoms with Crippen LogP contribution < -0.4 is 10.6 Å². The van der Waals surface area contributed by atoms with Gasteiger partial charge in [-0.1, -0.05) is 36.1 Å². The number of imidazole rings is 2. The molecule has 2 fully saturated rings. The first-order valence-electron chi connectivity index (χ1n) is 14.7. The molecule has 0 bridgehead atoms. The smallest absolute Gasteiger partial charge is 0.407 e. The number of nitrogens with one attached hydrogen (secondary N) is 4. The van der Waals surface area contributed by atoms with Gasteiger partial charge in [-0.05, 0) is 74.5 Å². The summed E-state index contributed by atoms with van der Waals surface area (Å²) in [7, 11) is 1.28. The fourth-order valence-electron chi connectivity index (χ4n) is 5.70. The summed E-state index contributed by atoms with van der Waals surface area (Å²) in [6, 6.07) is 15.7. The first-order valence-corrected chi connectivity index (χ1v) is 14.7. The second-order valence-electron chi connectivity index (χ2n) is 11.0. The quantitative estimate of drug-likeness (QED) is 0.246. The molecule has 43 heavy (non-hydrogen) atoms. The number of alkyl carbamates (subject to hydrolysis) is 1. The van der Waals surface area contributed by atoms with E-state index in [9.17, 15) is 9.59 Å². The molecule has 2 aromatic heterocycles. The predicted octanol–water partition coefficient (Wildman–Crippen LogP) is 4.70. The Bertz CT molecular complexity index is 1640. The number of hydrogen-bond donors (Lipinski definition) is 4. The molecule has 1 unspecified atom stereocenters. The third kappa shape index (κ3) is 6.32. The molecule has 0 spiro atoms. The lowest BCUT2D eigenvalue weighted by Gasteiger charge is -2.26. The van der Waals surface area contributed by atoms with Gasteiger partial charge in [-0.25, -0.2) is 14.8 Å². The van der Waals surface area contributed by atoms with Crippen LogP contribution in [-0.2, 0) is 9.53 Å². The van der Waals surface area contributed by atoms with E-state index in [-0.39, 0.29) is 11.9 Å². The number of amides is 2. The molecule has 10 nitrogen and oxygen atoms in total. The van der Waals surface area contributed by atoms with Crippen LogP contribution in [0.2, 0.25) is 0 Å². The molecule has 4 aromatic rings. The van der Waals surface area contributed by atoms with Gasteiger partial charge in [-0.2, -0.15) is 0 Å². The van der Waals surface area contributed by atoms with Crippen molar-refractivity contribution < 1.29 is 14.3 Å². The Balaban J connectivity index is 1.08. The normalized spacial score (nSPS) is 18.6. The van der Waals surface area contributed by atoms with E-state index < -0.39 is 12.1 Å². The van der Waals surface area contributed by atoms with Crippen molar-refractivity contribution in [3.63, 3.8) is 0 Å². The standard InChI is InChI=1S/C33H35N7O3/c1-21(37-33(42)43-2)32(41)40-18-4-6-29(40)31-36-20-28(39-31)25-15-11-23(12-16-25)8-7-22-9-13-24(14-10-22)27-19-35-30(38-27)26-5-3-17-34-26/h9-16,19-21,26,29,34H,3-6,17-18H2,1-2H3,(H,35,38)(H,36,39)(H,37,42)/t21?,26-,29-/m0/s1. The predicted molar refractivity (Wildman–Crippen MR) is 163 cm³/mol. The van der Waals surface area contributed by atoms with Gasteiger partial charge in [0.1, 0.15) is 17.7 Å². The second kappa shape index (κ2) is 12.5. The number of methoxy groups -OCH3 is 1. The van der Waals surface area contributed by atoms with Crippen molar-refractivity contribution in [1.82, 2.24) is 35.5 Å². The number of aromatic amines is 2. The van der Waals surface area contributed by atoms with Crippen LogP contribution in [0.4, 0.5) is 4.79 Å². The molecule has 2 aromatic carbocycles. The monoisotopic (exact) mass is 577 g/mol. The zero-order valence-electron chi connectivity index (χ0n) is 24.3. The molecule has 2 saturated heterocycles. The van der Waals surface area contributed by atoms with Gasteiger partial charge in [-0.3, -0.25) is 4.79 Å². The molecule has 0 radical (unpaired) electrons. The van der Waals surface area contributed by atoms with E-state index in [4.69, 9.17) is 0 Å². The van der Waals surface area contributed by atoms with Crippen LogP contribution in [0.1, 0.15) is 67.5 Å². The lowest BCUT2D eigenvalue weighted by Crippen LogP contribution is -2.46. The van der Waals surface area contributed by atoms with E-state index in [1.54, 1.807) is 18.0 Å². The maximum absolute atomic E-state index is 13.0. The van der Waals surface area contributed by atoms with Crippen LogP contribution in [-0.4, -0.2) is 63.1 Å². The maximum atomic E-state index is 13.0. The van der Waals surface area contributed by atoms with E-state index in [0.717, 1.165) is 71.1 Å². The number of likely N-dealkylation sites (tertiary alicyclic amines) is 1. The minimum absolute atomic E-state index is 0.157. The molecular weight excluding hydrogens is 542 g/mol. The van der Waals surface area contributed by atoms with Crippen LogP contribution >= 0.6 is 0 Å². The number of benzene rings is 2. The molecule has 2 amide bonds. The summed E-state index contributed by atoms with van der Waals surface area (Å²) in [6.07, 6.45) is 7.04. The highest BCUT2D eigenvalue weighted by Gasteiger charge is 2.34. The molecule has 4 N–H and O–H groups in total. The molecule has 3 atom stereocenters. The first kappa shape index (κ1) is 28.2. The minimum Gasteiger partial charge on any atom is -0.453 e. The fraction of sp³-hybridized carbons (Fsp3) is 0.333. The highest BCUT2D eigenvalue weighted by molar-refractivity contribution is 5.85. The molecule has 220 valence electrons. The molecule has 10 heteroatoms. The summed E-state index contributed by atoms with van der Waals surface area (Å²) in [5, 5.41) is 6.03. The summed E-state index contributed by atoms with van der Waals surface area (Å²) in [6.45, 7) is 3.32. The molecule has 6 rings (SSSR count). The Morgan fingerprint density at radius 1 is 0.907 bits per heavy atom. The Morgan fingerprint density at radius 2 is 1.51 bits per heavy atom. The number of rotatable bonds is 6. The largest absolute Gasteiger partial charge is 0.453 e. The highest BCUT2D eigenvalue weighted by Crippen LogP contribution is 2.32. The Hall–Kier alpha value is -4.88. The minimum atomic E-state index is -0.683. The summed E-state index contributed by atoms with van der Waals surface area (Å²) in [4.78, 5) is 42.3. The van der Waals surface area contributed by atoms with Gasteiger partial charge in [-0.15, -0.1) is 0 Å². The Labute approximate surface area is 250 Å². The van der Waals surface area contributed by atoms with E-state index in [1.807, 2.05) is 42.6 Å². The van der Waals surface area contributed by atoms with Crippen LogP contribution in [0.15, 0.2) is 60.9 Å². The SMILES string of the molecule is COC(=O)NC(C)C(=O)N1CCC[C@H]1c1ncc(-c2ccc(C#Cc3ccc(-c4cnc([C@@H]5CCCN5)[nH]4)cc3)cc2)[nH]1. The average Bonchev–Trinajstić information content (AvgIpc) is 3.86. The third-order valence-corrected chi connectivity index (χ3v) is 8.07. The van der Waals surface area contributed by atoms with Crippen molar-refractivity contribution in [2.24, 2.45) is 0 Å². The number of carbonyl (C=O) groups excluding carboxylic acids is 2. The number of ether oxygens (including phenoxy) is 1. The van der Waals surface area contributed by atoms with Crippen molar-refractivity contribution in [2.75, 3.05) is 20.2 Å². The zero-order chi connectivity index (χ0) is 29.8. The van der Waals surface area contributed by atoms with E-state index in [2.05, 4.69) is 59.3 Å². The van der Waals surface area contributed by atoms with Gasteiger partial charge >= 0.3 is 6.09 Å². The van der Waals surface area contributed by atoms with Crippen LogP contribution in [0, 0.1) is 11.8 Å². The maximum Gasteiger partial charge on any atom is 0.407 e. The molecule has 0 aliphatic carbocycles. The molecule has 0 saturated carbocycles. The summed E-state index contributed by atoms with van der Waals surface area (Å²) < 4.78 is 4.62. The van der Waals surface area contributed by atoms with Crippen molar-refractivity contribution in [2.45, 2.75) is 50.7 Å². The highest BCUT2D eigenvalue weighted by atomic mass is 16.5. The van der Waals surface area contributed by atoms with Gasteiger partial charge < -0.3 is 30.2 Å². The van der Waals surface area contributed by atoms with Crippen LogP contribution in [0.3, 0.4) is 0 Å². The Morgan fingerprint density at radius 3 is 2.09 bits per heavy atom. The second-order valence-corrected chi connectivity index (χ2v) is 11.0. The van der Waals surface area contributed by atoms with Crippen molar-refractivity contribution in [1.29, 1.82) is 0 Å². The van der Waals surface area contributed by atoms with Gasteiger partial charge in [0.25, 0.3) is 0 Å². The van der Waals surface area contributed by atoms with Gasteiger partial charge in [0.15, 0.2) is 0 Å².